The minimum atomic E-state index is -0.304. The molecule has 0 amide bonds. The third-order valence-electron chi connectivity index (χ3n) is 3.06. The average Bonchev–Trinajstić information content (AvgIpc) is 2.46. The smallest absolute Gasteiger partial charge is 0.168 e. The van der Waals surface area contributed by atoms with E-state index in [1.54, 1.807) is 25.1 Å². The standard InChI is InChI=1S/C17H20FNO/c1-3-11-19-12-14-7-9-15(10-8-14)20-16-6-4-5-13(2)17(16)18/h4-10,19H,3,11-12H2,1-2H3. The van der Waals surface area contributed by atoms with Crippen molar-refractivity contribution in [3.63, 3.8) is 0 Å². The highest BCUT2D eigenvalue weighted by Gasteiger charge is 2.06. The van der Waals surface area contributed by atoms with Gasteiger partial charge in [-0.2, -0.15) is 0 Å². The van der Waals surface area contributed by atoms with Gasteiger partial charge in [-0.1, -0.05) is 31.2 Å². The Bertz CT molecular complexity index is 551. The van der Waals surface area contributed by atoms with E-state index < -0.39 is 0 Å². The quantitative estimate of drug-likeness (QED) is 0.786. The molecule has 0 aliphatic rings. The largest absolute Gasteiger partial charge is 0.454 e. The van der Waals surface area contributed by atoms with Crippen molar-refractivity contribution in [1.82, 2.24) is 5.32 Å². The first-order valence-corrected chi connectivity index (χ1v) is 6.93. The van der Waals surface area contributed by atoms with Crippen molar-refractivity contribution in [1.29, 1.82) is 0 Å². The number of nitrogens with one attached hydrogen (secondary N) is 1. The van der Waals surface area contributed by atoms with E-state index in [2.05, 4.69) is 12.2 Å². The molecular weight excluding hydrogens is 253 g/mol. The van der Waals surface area contributed by atoms with Gasteiger partial charge in [0.25, 0.3) is 0 Å². The maximum Gasteiger partial charge on any atom is 0.168 e. The second-order valence-corrected chi connectivity index (χ2v) is 4.81. The molecule has 1 N–H and O–H groups in total. The molecule has 0 atom stereocenters. The van der Waals surface area contributed by atoms with E-state index in [1.807, 2.05) is 24.3 Å². The molecule has 2 aromatic rings. The summed E-state index contributed by atoms with van der Waals surface area (Å²) >= 11 is 0. The van der Waals surface area contributed by atoms with E-state index in [9.17, 15) is 4.39 Å². The number of rotatable bonds is 6. The van der Waals surface area contributed by atoms with Crippen molar-refractivity contribution >= 4 is 0 Å². The molecule has 0 heterocycles. The highest BCUT2D eigenvalue weighted by atomic mass is 19.1. The average molecular weight is 273 g/mol. The minimum absolute atomic E-state index is 0.266. The molecule has 0 saturated carbocycles. The van der Waals surface area contributed by atoms with E-state index in [0.29, 0.717) is 11.3 Å². The SMILES string of the molecule is CCCNCc1ccc(Oc2cccc(C)c2F)cc1. The Morgan fingerprint density at radius 1 is 1.10 bits per heavy atom. The molecule has 0 unspecified atom stereocenters. The van der Waals surface area contributed by atoms with E-state index in [1.165, 1.54) is 5.56 Å². The fourth-order valence-electron chi connectivity index (χ4n) is 1.91. The maximum absolute atomic E-state index is 13.8. The first-order chi connectivity index (χ1) is 9.70. The maximum atomic E-state index is 13.8. The van der Waals surface area contributed by atoms with Crippen LogP contribution in [0.3, 0.4) is 0 Å². The number of hydrogen-bond acceptors (Lipinski definition) is 2. The molecule has 2 nitrogen and oxygen atoms in total. The third kappa shape index (κ3) is 3.81. The Morgan fingerprint density at radius 3 is 2.55 bits per heavy atom. The zero-order chi connectivity index (χ0) is 14.4. The molecule has 0 aliphatic heterocycles. The number of benzene rings is 2. The number of halogens is 1. The summed E-state index contributed by atoms with van der Waals surface area (Å²) < 4.78 is 19.4. The predicted octanol–water partition coefficient (Wildman–Crippen LogP) is 4.43. The van der Waals surface area contributed by atoms with E-state index in [0.717, 1.165) is 19.5 Å². The number of aryl methyl sites for hydroxylation is 1. The summed E-state index contributed by atoms with van der Waals surface area (Å²) in [4.78, 5) is 0. The molecule has 2 rings (SSSR count). The zero-order valence-corrected chi connectivity index (χ0v) is 11.9. The first kappa shape index (κ1) is 14.5. The van der Waals surface area contributed by atoms with Crippen LogP contribution < -0.4 is 10.1 Å². The topological polar surface area (TPSA) is 21.3 Å². The van der Waals surface area contributed by atoms with E-state index in [-0.39, 0.29) is 11.6 Å². The van der Waals surface area contributed by atoms with Crippen LogP contribution in [0.4, 0.5) is 4.39 Å². The fraction of sp³-hybridized carbons (Fsp3) is 0.294. The van der Waals surface area contributed by atoms with Gasteiger partial charge in [0.15, 0.2) is 11.6 Å². The highest BCUT2D eigenvalue weighted by molar-refractivity contribution is 5.36. The molecule has 20 heavy (non-hydrogen) atoms. The van der Waals surface area contributed by atoms with Crippen molar-refractivity contribution in [2.24, 2.45) is 0 Å². The fourth-order valence-corrected chi connectivity index (χ4v) is 1.91. The van der Waals surface area contributed by atoms with Gasteiger partial charge in [-0.05, 0) is 49.2 Å². The van der Waals surface area contributed by atoms with Crippen molar-refractivity contribution < 1.29 is 9.13 Å². The number of hydrogen-bond donors (Lipinski definition) is 1. The second-order valence-electron chi connectivity index (χ2n) is 4.81. The van der Waals surface area contributed by atoms with Crippen LogP contribution in [0.15, 0.2) is 42.5 Å². The van der Waals surface area contributed by atoms with Crippen molar-refractivity contribution in [3.05, 3.63) is 59.4 Å². The van der Waals surface area contributed by atoms with Crippen LogP contribution in [0, 0.1) is 12.7 Å². The van der Waals surface area contributed by atoms with Gasteiger partial charge in [-0.3, -0.25) is 0 Å². The van der Waals surface area contributed by atoms with E-state index >= 15 is 0 Å². The van der Waals surface area contributed by atoms with Crippen LogP contribution in [-0.2, 0) is 6.54 Å². The summed E-state index contributed by atoms with van der Waals surface area (Å²) in [6.07, 6.45) is 1.12. The monoisotopic (exact) mass is 273 g/mol. The summed E-state index contributed by atoms with van der Waals surface area (Å²) in [5.41, 5.74) is 1.78. The van der Waals surface area contributed by atoms with Crippen LogP contribution in [0.1, 0.15) is 24.5 Å². The van der Waals surface area contributed by atoms with Gasteiger partial charge < -0.3 is 10.1 Å². The van der Waals surface area contributed by atoms with Gasteiger partial charge in [0.1, 0.15) is 5.75 Å². The molecular formula is C17H20FNO. The molecule has 0 aliphatic carbocycles. The Kier molecular flexibility index (Phi) is 5.13. The number of ether oxygens (including phenoxy) is 1. The van der Waals surface area contributed by atoms with Crippen LogP contribution in [-0.4, -0.2) is 6.54 Å². The lowest BCUT2D eigenvalue weighted by molar-refractivity contribution is 0.440. The lowest BCUT2D eigenvalue weighted by Crippen LogP contribution is -2.13. The van der Waals surface area contributed by atoms with Gasteiger partial charge >= 0.3 is 0 Å². The van der Waals surface area contributed by atoms with E-state index in [4.69, 9.17) is 4.74 Å². The predicted molar refractivity (Wildman–Crippen MR) is 79.7 cm³/mol. The summed E-state index contributed by atoms with van der Waals surface area (Å²) in [5, 5.41) is 3.34. The van der Waals surface area contributed by atoms with Crippen molar-refractivity contribution in [3.8, 4) is 11.5 Å². The third-order valence-corrected chi connectivity index (χ3v) is 3.06. The molecule has 3 heteroatoms. The van der Waals surface area contributed by atoms with Crippen molar-refractivity contribution in [2.45, 2.75) is 26.8 Å². The van der Waals surface area contributed by atoms with Gasteiger partial charge in [-0.15, -0.1) is 0 Å². The molecule has 0 radical (unpaired) electrons. The van der Waals surface area contributed by atoms with Gasteiger partial charge in [0, 0.05) is 6.54 Å². The molecule has 0 aromatic heterocycles. The van der Waals surface area contributed by atoms with Crippen molar-refractivity contribution in [2.75, 3.05) is 6.54 Å². The van der Waals surface area contributed by atoms with Gasteiger partial charge in [0.05, 0.1) is 0 Å². The van der Waals surface area contributed by atoms with Crippen LogP contribution >= 0.6 is 0 Å². The lowest BCUT2D eigenvalue weighted by atomic mass is 10.2. The normalized spacial score (nSPS) is 10.6. The molecule has 2 aromatic carbocycles. The summed E-state index contributed by atoms with van der Waals surface area (Å²) in [6.45, 7) is 5.71. The lowest BCUT2D eigenvalue weighted by Gasteiger charge is -2.09. The second kappa shape index (κ2) is 7.06. The van der Waals surface area contributed by atoms with Crippen LogP contribution in [0.2, 0.25) is 0 Å². The highest BCUT2D eigenvalue weighted by Crippen LogP contribution is 2.26. The first-order valence-electron chi connectivity index (χ1n) is 6.93. The summed E-state index contributed by atoms with van der Waals surface area (Å²) in [5.74, 6) is 0.608. The summed E-state index contributed by atoms with van der Waals surface area (Å²) in [6, 6.07) is 12.9. The van der Waals surface area contributed by atoms with Gasteiger partial charge in [0.2, 0.25) is 0 Å². The molecule has 0 saturated heterocycles. The minimum Gasteiger partial charge on any atom is -0.454 e. The van der Waals surface area contributed by atoms with Gasteiger partial charge in [-0.25, -0.2) is 4.39 Å². The van der Waals surface area contributed by atoms with Crippen LogP contribution in [0.5, 0.6) is 11.5 Å². The molecule has 0 bridgehead atoms. The Labute approximate surface area is 119 Å². The molecule has 0 spiro atoms. The molecule has 0 fully saturated rings. The summed E-state index contributed by atoms with van der Waals surface area (Å²) in [7, 11) is 0. The molecule has 106 valence electrons. The zero-order valence-electron chi connectivity index (χ0n) is 11.9. The van der Waals surface area contributed by atoms with Crippen LogP contribution in [0.25, 0.3) is 0 Å². The Hall–Kier alpha value is -1.87. The Morgan fingerprint density at radius 2 is 1.85 bits per heavy atom. The Balaban J connectivity index is 2.01.